The molecule has 1 aliphatic rings. The summed E-state index contributed by atoms with van der Waals surface area (Å²) in [5, 5.41) is 12.1. The molecule has 21 heavy (non-hydrogen) atoms. The van der Waals surface area contributed by atoms with Crippen molar-refractivity contribution in [1.29, 1.82) is 0 Å². The highest BCUT2D eigenvalue weighted by Gasteiger charge is 2.25. The summed E-state index contributed by atoms with van der Waals surface area (Å²) < 4.78 is 13.1. The van der Waals surface area contributed by atoms with E-state index in [1.807, 2.05) is 0 Å². The summed E-state index contributed by atoms with van der Waals surface area (Å²) in [6, 6.07) is 3.89. The molecule has 2 rings (SSSR count). The average Bonchev–Trinajstić information content (AvgIpc) is 2.46. The van der Waals surface area contributed by atoms with Gasteiger partial charge in [-0.1, -0.05) is 0 Å². The molecule has 0 heterocycles. The highest BCUT2D eigenvalue weighted by molar-refractivity contribution is 5.98. The molecule has 0 radical (unpaired) electrons. The number of halogens is 1. The number of carbonyl (C=O) groups is 2. The van der Waals surface area contributed by atoms with Gasteiger partial charge in [0.2, 0.25) is 0 Å². The Labute approximate surface area is 122 Å². The Balaban J connectivity index is 1.92. The summed E-state index contributed by atoms with van der Waals surface area (Å²) in [6.45, 7) is 0.623. The predicted octanol–water partition coefficient (Wildman–Crippen LogP) is 2.23. The van der Waals surface area contributed by atoms with E-state index in [2.05, 4.69) is 5.32 Å². The lowest BCUT2D eigenvalue weighted by atomic mass is 9.82. The zero-order valence-electron chi connectivity index (χ0n) is 11.6. The van der Waals surface area contributed by atoms with Gasteiger partial charge >= 0.3 is 5.97 Å². The molecule has 6 heteroatoms. The molecule has 0 aromatic heterocycles. The molecule has 1 amide bonds. The Morgan fingerprint density at radius 2 is 1.95 bits per heavy atom. The molecule has 1 fully saturated rings. The van der Waals surface area contributed by atoms with Crippen molar-refractivity contribution < 1.29 is 19.1 Å². The lowest BCUT2D eigenvalue weighted by molar-refractivity contribution is -0.143. The van der Waals surface area contributed by atoms with Gasteiger partial charge in [-0.05, 0) is 49.8 Å². The minimum Gasteiger partial charge on any atom is -0.481 e. The minimum atomic E-state index is -0.726. The van der Waals surface area contributed by atoms with Gasteiger partial charge in [0.1, 0.15) is 5.82 Å². The molecular weight excluding hydrogens is 275 g/mol. The van der Waals surface area contributed by atoms with Crippen molar-refractivity contribution in [3.05, 3.63) is 29.6 Å². The molecule has 1 aromatic rings. The summed E-state index contributed by atoms with van der Waals surface area (Å²) in [4.78, 5) is 22.2. The minimum absolute atomic E-state index is 0.134. The van der Waals surface area contributed by atoms with Crippen LogP contribution in [0.1, 0.15) is 36.0 Å². The van der Waals surface area contributed by atoms with Crippen LogP contribution >= 0.6 is 0 Å². The Morgan fingerprint density at radius 1 is 1.29 bits per heavy atom. The number of aliphatic carboxylic acids is 1. The summed E-state index contributed by atoms with van der Waals surface area (Å²) in [7, 11) is 0. The van der Waals surface area contributed by atoms with Crippen molar-refractivity contribution in [3.8, 4) is 0 Å². The molecule has 0 spiro atoms. The monoisotopic (exact) mass is 294 g/mol. The second-order valence-electron chi connectivity index (χ2n) is 5.49. The van der Waals surface area contributed by atoms with Gasteiger partial charge in [0, 0.05) is 12.2 Å². The largest absolute Gasteiger partial charge is 0.481 e. The number of amides is 1. The fourth-order valence-corrected chi connectivity index (χ4v) is 2.74. The number of hydrogen-bond acceptors (Lipinski definition) is 3. The van der Waals surface area contributed by atoms with E-state index in [-0.39, 0.29) is 11.5 Å². The first-order valence-corrected chi connectivity index (χ1v) is 7.03. The zero-order valence-corrected chi connectivity index (χ0v) is 11.6. The molecule has 5 nitrogen and oxygen atoms in total. The molecule has 0 bridgehead atoms. The summed E-state index contributed by atoms with van der Waals surface area (Å²) in [5.74, 6) is -1.79. The SMILES string of the molecule is NC(=O)c1cc(F)ccc1NCC1CCC(C(=O)O)CC1. The van der Waals surface area contributed by atoms with Gasteiger partial charge in [-0.2, -0.15) is 0 Å². The fourth-order valence-electron chi connectivity index (χ4n) is 2.74. The first-order valence-electron chi connectivity index (χ1n) is 7.03. The summed E-state index contributed by atoms with van der Waals surface area (Å²) >= 11 is 0. The lowest BCUT2D eigenvalue weighted by Gasteiger charge is -2.26. The van der Waals surface area contributed by atoms with E-state index in [0.717, 1.165) is 18.9 Å². The number of hydrogen-bond donors (Lipinski definition) is 3. The van der Waals surface area contributed by atoms with Crippen LogP contribution in [0.2, 0.25) is 0 Å². The van der Waals surface area contributed by atoms with Crippen molar-refractivity contribution in [2.45, 2.75) is 25.7 Å². The molecule has 0 unspecified atom stereocenters. The molecule has 1 aromatic carbocycles. The van der Waals surface area contributed by atoms with Crippen LogP contribution in [-0.2, 0) is 4.79 Å². The summed E-state index contributed by atoms with van der Waals surface area (Å²) in [5.41, 5.74) is 5.88. The maximum atomic E-state index is 13.1. The number of carbonyl (C=O) groups excluding carboxylic acids is 1. The molecule has 4 N–H and O–H groups in total. The Hall–Kier alpha value is -2.11. The second kappa shape index (κ2) is 6.56. The van der Waals surface area contributed by atoms with Crippen molar-refractivity contribution in [2.75, 3.05) is 11.9 Å². The van der Waals surface area contributed by atoms with Gasteiger partial charge in [0.05, 0.1) is 11.5 Å². The van der Waals surface area contributed by atoms with Crippen molar-refractivity contribution >= 4 is 17.6 Å². The van der Waals surface area contributed by atoms with Crippen molar-refractivity contribution in [1.82, 2.24) is 0 Å². The van der Waals surface area contributed by atoms with Crippen LogP contribution in [0.4, 0.5) is 10.1 Å². The number of benzene rings is 1. The molecule has 1 saturated carbocycles. The number of nitrogens with one attached hydrogen (secondary N) is 1. The normalized spacial score (nSPS) is 21.8. The standard InChI is InChI=1S/C15H19FN2O3/c16-11-5-6-13(12(7-11)14(17)19)18-8-9-1-3-10(4-2-9)15(20)21/h5-7,9-10,18H,1-4,8H2,(H2,17,19)(H,20,21). The fraction of sp³-hybridized carbons (Fsp3) is 0.467. The van der Waals surface area contributed by atoms with E-state index >= 15 is 0 Å². The number of nitrogens with two attached hydrogens (primary N) is 1. The van der Waals surface area contributed by atoms with E-state index in [1.54, 1.807) is 0 Å². The van der Waals surface area contributed by atoms with Crippen LogP contribution in [0, 0.1) is 17.7 Å². The van der Waals surface area contributed by atoms with E-state index in [9.17, 15) is 14.0 Å². The smallest absolute Gasteiger partial charge is 0.306 e. The molecule has 114 valence electrons. The highest BCUT2D eigenvalue weighted by Crippen LogP contribution is 2.29. The topological polar surface area (TPSA) is 92.4 Å². The first-order chi connectivity index (χ1) is 9.97. The highest BCUT2D eigenvalue weighted by atomic mass is 19.1. The van der Waals surface area contributed by atoms with Crippen molar-refractivity contribution in [3.63, 3.8) is 0 Å². The quantitative estimate of drug-likeness (QED) is 0.776. The van der Waals surface area contributed by atoms with Crippen LogP contribution in [0.3, 0.4) is 0 Å². The third kappa shape index (κ3) is 3.93. The Kier molecular flexibility index (Phi) is 4.77. The maximum Gasteiger partial charge on any atom is 0.306 e. The number of rotatable bonds is 5. The lowest BCUT2D eigenvalue weighted by Crippen LogP contribution is -2.26. The molecule has 0 aliphatic heterocycles. The average molecular weight is 294 g/mol. The number of primary amides is 1. The molecule has 1 aliphatic carbocycles. The van der Waals surface area contributed by atoms with Gasteiger partial charge in [-0.15, -0.1) is 0 Å². The van der Waals surface area contributed by atoms with E-state index < -0.39 is 17.7 Å². The van der Waals surface area contributed by atoms with Gasteiger partial charge < -0.3 is 16.2 Å². The Morgan fingerprint density at radius 3 is 2.52 bits per heavy atom. The molecular formula is C15H19FN2O3. The van der Waals surface area contributed by atoms with Gasteiger partial charge in [0.25, 0.3) is 5.91 Å². The van der Waals surface area contributed by atoms with Crippen LogP contribution in [0.15, 0.2) is 18.2 Å². The number of carboxylic acid groups (broad SMARTS) is 1. The van der Waals surface area contributed by atoms with Crippen LogP contribution < -0.4 is 11.1 Å². The van der Waals surface area contributed by atoms with Crippen LogP contribution in [0.25, 0.3) is 0 Å². The van der Waals surface area contributed by atoms with E-state index in [0.29, 0.717) is 31.0 Å². The zero-order chi connectivity index (χ0) is 15.4. The number of anilines is 1. The van der Waals surface area contributed by atoms with Gasteiger partial charge in [-0.3, -0.25) is 9.59 Å². The van der Waals surface area contributed by atoms with E-state index in [1.165, 1.54) is 12.1 Å². The van der Waals surface area contributed by atoms with E-state index in [4.69, 9.17) is 10.8 Å². The maximum absolute atomic E-state index is 13.1. The van der Waals surface area contributed by atoms with Crippen molar-refractivity contribution in [2.24, 2.45) is 17.6 Å². The first kappa shape index (κ1) is 15.3. The third-order valence-electron chi connectivity index (χ3n) is 4.02. The predicted molar refractivity (Wildman–Crippen MR) is 76.5 cm³/mol. The second-order valence-corrected chi connectivity index (χ2v) is 5.49. The molecule has 0 atom stereocenters. The van der Waals surface area contributed by atoms with Crippen LogP contribution in [0.5, 0.6) is 0 Å². The molecule has 0 saturated heterocycles. The van der Waals surface area contributed by atoms with Crippen LogP contribution in [-0.4, -0.2) is 23.5 Å². The van der Waals surface area contributed by atoms with Gasteiger partial charge in [0.15, 0.2) is 0 Å². The third-order valence-corrected chi connectivity index (χ3v) is 4.02. The van der Waals surface area contributed by atoms with Gasteiger partial charge in [-0.25, -0.2) is 4.39 Å². The Bertz CT molecular complexity index is 540. The number of carboxylic acids is 1. The summed E-state index contributed by atoms with van der Waals surface area (Å²) in [6.07, 6.45) is 3.01.